The SMILES string of the molecule is Cc1ccc(OCC(=O)c2ccc3c(c2)N(C(C)C(=O)NC(C)c2ccccc2)C(=O)CO3)c(C)c1. The maximum Gasteiger partial charge on any atom is 0.265 e. The highest BCUT2D eigenvalue weighted by atomic mass is 16.5. The van der Waals surface area contributed by atoms with Crippen molar-refractivity contribution >= 4 is 23.3 Å². The van der Waals surface area contributed by atoms with Crippen LogP contribution in [0.4, 0.5) is 5.69 Å². The topological polar surface area (TPSA) is 84.9 Å². The molecular formula is C29H30N2O5. The first-order valence-corrected chi connectivity index (χ1v) is 11.9. The number of ketones is 1. The Kier molecular flexibility index (Phi) is 7.38. The molecule has 3 aromatic carbocycles. The molecule has 2 atom stereocenters. The van der Waals surface area contributed by atoms with E-state index in [-0.39, 0.29) is 36.9 Å². The molecule has 0 aromatic heterocycles. The highest BCUT2D eigenvalue weighted by Crippen LogP contribution is 2.35. The molecule has 0 saturated heterocycles. The molecule has 0 bridgehead atoms. The lowest BCUT2D eigenvalue weighted by atomic mass is 10.1. The summed E-state index contributed by atoms with van der Waals surface area (Å²) in [7, 11) is 0. The Morgan fingerprint density at radius 1 is 1.03 bits per heavy atom. The molecule has 2 amide bonds. The van der Waals surface area contributed by atoms with Crippen LogP contribution in [0.1, 0.15) is 46.9 Å². The molecule has 1 heterocycles. The second-order valence-corrected chi connectivity index (χ2v) is 9.03. The molecule has 2 unspecified atom stereocenters. The zero-order valence-electron chi connectivity index (χ0n) is 20.9. The molecule has 1 aliphatic rings. The van der Waals surface area contributed by atoms with E-state index in [0.29, 0.717) is 22.7 Å². The number of Topliss-reactive ketones (excluding diaryl/α,β-unsaturated/α-hetero) is 1. The van der Waals surface area contributed by atoms with Crippen LogP contribution in [0.3, 0.4) is 0 Å². The van der Waals surface area contributed by atoms with E-state index in [1.54, 1.807) is 25.1 Å². The zero-order valence-corrected chi connectivity index (χ0v) is 20.9. The Hall–Kier alpha value is -4.13. The van der Waals surface area contributed by atoms with Gasteiger partial charge in [-0.15, -0.1) is 0 Å². The minimum absolute atomic E-state index is 0.151. The summed E-state index contributed by atoms with van der Waals surface area (Å²) in [5.41, 5.74) is 3.78. The van der Waals surface area contributed by atoms with Gasteiger partial charge in [-0.1, -0.05) is 48.0 Å². The molecule has 3 aromatic rings. The quantitative estimate of drug-likeness (QED) is 0.472. The van der Waals surface area contributed by atoms with Crippen molar-refractivity contribution in [1.82, 2.24) is 5.32 Å². The highest BCUT2D eigenvalue weighted by molar-refractivity contribution is 6.06. The van der Waals surface area contributed by atoms with Gasteiger partial charge in [-0.25, -0.2) is 0 Å². The van der Waals surface area contributed by atoms with Crippen LogP contribution < -0.4 is 19.7 Å². The maximum absolute atomic E-state index is 13.1. The number of anilines is 1. The fourth-order valence-corrected chi connectivity index (χ4v) is 4.23. The highest BCUT2D eigenvalue weighted by Gasteiger charge is 2.34. The second kappa shape index (κ2) is 10.6. The number of nitrogens with one attached hydrogen (secondary N) is 1. The van der Waals surface area contributed by atoms with Crippen LogP contribution in [-0.2, 0) is 9.59 Å². The molecule has 36 heavy (non-hydrogen) atoms. The van der Waals surface area contributed by atoms with Crippen molar-refractivity contribution in [3.8, 4) is 11.5 Å². The molecule has 186 valence electrons. The summed E-state index contributed by atoms with van der Waals surface area (Å²) in [4.78, 5) is 40.2. The predicted octanol–water partition coefficient (Wildman–Crippen LogP) is 4.56. The lowest BCUT2D eigenvalue weighted by Crippen LogP contribution is -2.51. The minimum atomic E-state index is -0.803. The van der Waals surface area contributed by atoms with E-state index >= 15 is 0 Å². The molecule has 0 radical (unpaired) electrons. The average molecular weight is 487 g/mol. The van der Waals surface area contributed by atoms with Crippen LogP contribution in [0.15, 0.2) is 66.7 Å². The molecule has 0 fully saturated rings. The fourth-order valence-electron chi connectivity index (χ4n) is 4.23. The van der Waals surface area contributed by atoms with Crippen molar-refractivity contribution in [1.29, 1.82) is 0 Å². The van der Waals surface area contributed by atoms with Crippen LogP contribution >= 0.6 is 0 Å². The first kappa shape index (κ1) is 25.0. The van der Waals surface area contributed by atoms with E-state index in [0.717, 1.165) is 16.7 Å². The van der Waals surface area contributed by atoms with Crippen LogP contribution in [0, 0.1) is 13.8 Å². The van der Waals surface area contributed by atoms with Gasteiger partial charge in [-0.3, -0.25) is 19.3 Å². The number of rotatable bonds is 8. The third kappa shape index (κ3) is 5.40. The van der Waals surface area contributed by atoms with Gasteiger partial charge in [0.1, 0.15) is 17.5 Å². The van der Waals surface area contributed by atoms with Gasteiger partial charge in [0.05, 0.1) is 11.7 Å². The van der Waals surface area contributed by atoms with E-state index in [9.17, 15) is 14.4 Å². The average Bonchev–Trinajstić information content (AvgIpc) is 2.87. The molecule has 1 N–H and O–H groups in total. The second-order valence-electron chi connectivity index (χ2n) is 9.03. The molecule has 0 saturated carbocycles. The Morgan fingerprint density at radius 2 is 1.78 bits per heavy atom. The van der Waals surface area contributed by atoms with Crippen molar-refractivity contribution in [2.24, 2.45) is 0 Å². The number of carbonyl (C=O) groups is 3. The molecular weight excluding hydrogens is 456 g/mol. The van der Waals surface area contributed by atoms with Crippen molar-refractivity contribution in [2.75, 3.05) is 18.1 Å². The smallest absolute Gasteiger partial charge is 0.265 e. The first-order chi connectivity index (χ1) is 17.2. The first-order valence-electron chi connectivity index (χ1n) is 11.9. The van der Waals surface area contributed by atoms with Gasteiger partial charge in [0.2, 0.25) is 5.91 Å². The van der Waals surface area contributed by atoms with E-state index in [2.05, 4.69) is 5.32 Å². The number of fused-ring (bicyclic) bond motifs is 1. The number of aryl methyl sites for hydroxylation is 2. The molecule has 7 heteroatoms. The Balaban J connectivity index is 1.51. The van der Waals surface area contributed by atoms with Crippen LogP contribution in [-0.4, -0.2) is 36.9 Å². The van der Waals surface area contributed by atoms with E-state index in [4.69, 9.17) is 9.47 Å². The minimum Gasteiger partial charge on any atom is -0.485 e. The van der Waals surface area contributed by atoms with Crippen molar-refractivity contribution in [3.63, 3.8) is 0 Å². The van der Waals surface area contributed by atoms with E-state index in [1.807, 2.05) is 69.3 Å². The standard InChI is InChI=1S/C29H30N2O5/c1-18-10-12-26(19(2)14-18)35-16-25(32)23-11-13-27-24(15-23)31(28(33)17-36-27)21(4)29(34)30-20(3)22-8-6-5-7-9-22/h5-15,20-21H,16-17H2,1-4H3,(H,30,34). The summed E-state index contributed by atoms with van der Waals surface area (Å²) in [6.45, 7) is 7.15. The van der Waals surface area contributed by atoms with Gasteiger partial charge < -0.3 is 14.8 Å². The van der Waals surface area contributed by atoms with Gasteiger partial charge in [0.15, 0.2) is 19.0 Å². The van der Waals surface area contributed by atoms with Crippen LogP contribution in [0.25, 0.3) is 0 Å². The van der Waals surface area contributed by atoms with Gasteiger partial charge in [0.25, 0.3) is 5.91 Å². The van der Waals surface area contributed by atoms with E-state index in [1.165, 1.54) is 4.90 Å². The molecule has 0 aliphatic carbocycles. The molecule has 4 rings (SSSR count). The third-order valence-corrected chi connectivity index (χ3v) is 6.27. The number of hydrogen-bond acceptors (Lipinski definition) is 5. The van der Waals surface area contributed by atoms with Crippen molar-refractivity contribution in [2.45, 2.75) is 39.8 Å². The largest absolute Gasteiger partial charge is 0.485 e. The molecule has 1 aliphatic heterocycles. The zero-order chi connectivity index (χ0) is 25.8. The summed E-state index contributed by atoms with van der Waals surface area (Å²) in [5.74, 6) is 0.184. The molecule has 0 spiro atoms. The van der Waals surface area contributed by atoms with Gasteiger partial charge in [-0.05, 0) is 63.1 Å². The summed E-state index contributed by atoms with van der Waals surface area (Å²) in [6.07, 6.45) is 0. The Bertz CT molecular complexity index is 1290. The summed E-state index contributed by atoms with van der Waals surface area (Å²) >= 11 is 0. The lowest BCUT2D eigenvalue weighted by Gasteiger charge is -2.34. The van der Waals surface area contributed by atoms with Crippen LogP contribution in [0.5, 0.6) is 11.5 Å². The number of nitrogens with zero attached hydrogens (tertiary/aromatic N) is 1. The predicted molar refractivity (Wildman–Crippen MR) is 138 cm³/mol. The number of amides is 2. The fraction of sp³-hybridized carbons (Fsp3) is 0.276. The Morgan fingerprint density at radius 3 is 2.50 bits per heavy atom. The number of benzene rings is 3. The Labute approximate surface area is 211 Å². The van der Waals surface area contributed by atoms with Crippen LogP contribution in [0.2, 0.25) is 0 Å². The normalized spacial score (nSPS) is 14.3. The van der Waals surface area contributed by atoms with Crippen molar-refractivity contribution < 1.29 is 23.9 Å². The summed E-state index contributed by atoms with van der Waals surface area (Å²) in [6, 6.07) is 19.2. The number of ether oxygens (including phenoxy) is 2. The molecule has 7 nitrogen and oxygen atoms in total. The third-order valence-electron chi connectivity index (χ3n) is 6.27. The van der Waals surface area contributed by atoms with Gasteiger partial charge >= 0.3 is 0 Å². The maximum atomic E-state index is 13.1. The monoisotopic (exact) mass is 486 g/mol. The number of hydrogen-bond donors (Lipinski definition) is 1. The van der Waals surface area contributed by atoms with Gasteiger partial charge in [0, 0.05) is 5.56 Å². The summed E-state index contributed by atoms with van der Waals surface area (Å²) in [5, 5.41) is 2.97. The van der Waals surface area contributed by atoms with E-state index < -0.39 is 6.04 Å². The van der Waals surface area contributed by atoms with Gasteiger partial charge in [-0.2, -0.15) is 0 Å². The summed E-state index contributed by atoms with van der Waals surface area (Å²) < 4.78 is 11.3. The lowest BCUT2D eigenvalue weighted by molar-refractivity contribution is -0.127. The number of carbonyl (C=O) groups excluding carboxylic acids is 3. The van der Waals surface area contributed by atoms with Crippen molar-refractivity contribution in [3.05, 3.63) is 89.0 Å².